The second kappa shape index (κ2) is 5.95. The lowest BCUT2D eigenvalue weighted by Gasteiger charge is -2.22. The molecule has 118 valence electrons. The van der Waals surface area contributed by atoms with Crippen molar-refractivity contribution in [2.75, 3.05) is 13.1 Å². The average molecular weight is 327 g/mol. The van der Waals surface area contributed by atoms with E-state index in [2.05, 4.69) is 23.4 Å². The van der Waals surface area contributed by atoms with Gasteiger partial charge in [0.2, 0.25) is 0 Å². The third kappa shape index (κ3) is 2.84. The molecule has 0 radical (unpaired) electrons. The van der Waals surface area contributed by atoms with Crippen LogP contribution in [0.15, 0.2) is 36.7 Å². The molecule has 5 heteroatoms. The topological polar surface area (TPSA) is 42.2 Å². The van der Waals surface area contributed by atoms with E-state index in [-0.39, 0.29) is 0 Å². The Morgan fingerprint density at radius 1 is 1.30 bits per heavy atom. The van der Waals surface area contributed by atoms with Gasteiger partial charge in [-0.2, -0.15) is 5.10 Å². The van der Waals surface area contributed by atoms with E-state index in [9.17, 15) is 0 Å². The maximum absolute atomic E-state index is 6.38. The van der Waals surface area contributed by atoms with Crippen molar-refractivity contribution in [3.05, 3.63) is 52.9 Å². The van der Waals surface area contributed by atoms with Crippen LogP contribution in [0.4, 0.5) is 0 Å². The predicted molar refractivity (Wildman–Crippen MR) is 93.0 cm³/mol. The van der Waals surface area contributed by atoms with Gasteiger partial charge in [-0.25, -0.2) is 4.52 Å². The highest BCUT2D eigenvalue weighted by Gasteiger charge is 2.19. The number of rotatable bonds is 2. The fourth-order valence-corrected chi connectivity index (χ4v) is 3.47. The van der Waals surface area contributed by atoms with E-state index in [1.54, 1.807) is 0 Å². The molecule has 1 aliphatic heterocycles. The Kier molecular flexibility index (Phi) is 3.79. The minimum atomic E-state index is 0.435. The smallest absolute Gasteiger partial charge is 0.0758 e. The van der Waals surface area contributed by atoms with E-state index in [4.69, 9.17) is 16.6 Å². The van der Waals surface area contributed by atoms with Crippen LogP contribution in [-0.2, 0) is 0 Å². The van der Waals surface area contributed by atoms with Gasteiger partial charge in [0.25, 0.3) is 0 Å². The molecular weight excluding hydrogens is 308 g/mol. The van der Waals surface area contributed by atoms with E-state index >= 15 is 0 Å². The van der Waals surface area contributed by atoms with E-state index in [1.807, 2.05) is 35.1 Å². The molecule has 3 aromatic heterocycles. The summed E-state index contributed by atoms with van der Waals surface area (Å²) in [6.07, 6.45) is 6.19. The average Bonchev–Trinajstić information content (AvgIpc) is 2.98. The Morgan fingerprint density at radius 3 is 3.04 bits per heavy atom. The molecule has 0 amide bonds. The Bertz CT molecular complexity index is 849. The first-order valence-electron chi connectivity index (χ1n) is 8.03. The van der Waals surface area contributed by atoms with Crippen molar-refractivity contribution < 1.29 is 0 Å². The maximum atomic E-state index is 6.38. The predicted octanol–water partition coefficient (Wildman–Crippen LogP) is 3.83. The standard InChI is InChI=1S/C18H19ClN4/c1-12-4-6-23-18(7-12)15(11-21-23)17-9-14(19)8-16(22-17)13-3-2-5-20-10-13/h4,6-9,11,13,20H,2-3,5,10H2,1H3. The number of halogens is 1. The van der Waals surface area contributed by atoms with Gasteiger partial charge in [0.1, 0.15) is 0 Å². The maximum Gasteiger partial charge on any atom is 0.0758 e. The highest BCUT2D eigenvalue weighted by atomic mass is 35.5. The van der Waals surface area contributed by atoms with E-state index in [1.165, 1.54) is 12.0 Å². The lowest BCUT2D eigenvalue weighted by molar-refractivity contribution is 0.455. The lowest BCUT2D eigenvalue weighted by atomic mass is 9.95. The van der Waals surface area contributed by atoms with Crippen LogP contribution in [0.5, 0.6) is 0 Å². The second-order valence-corrected chi connectivity index (χ2v) is 6.67. The zero-order valence-electron chi connectivity index (χ0n) is 13.1. The van der Waals surface area contributed by atoms with Crippen molar-refractivity contribution in [3.8, 4) is 11.3 Å². The third-order valence-electron chi connectivity index (χ3n) is 4.48. The summed E-state index contributed by atoms with van der Waals surface area (Å²) >= 11 is 6.38. The molecule has 4 heterocycles. The monoisotopic (exact) mass is 326 g/mol. The van der Waals surface area contributed by atoms with Gasteiger partial charge in [-0.05, 0) is 56.1 Å². The first-order valence-corrected chi connectivity index (χ1v) is 8.41. The van der Waals surface area contributed by atoms with E-state index in [0.29, 0.717) is 5.92 Å². The summed E-state index contributed by atoms with van der Waals surface area (Å²) in [5.41, 5.74) is 5.28. The zero-order valence-corrected chi connectivity index (χ0v) is 13.8. The van der Waals surface area contributed by atoms with Crippen molar-refractivity contribution >= 4 is 17.1 Å². The third-order valence-corrected chi connectivity index (χ3v) is 4.70. The molecule has 0 saturated carbocycles. The van der Waals surface area contributed by atoms with Crippen LogP contribution >= 0.6 is 11.6 Å². The second-order valence-electron chi connectivity index (χ2n) is 6.23. The van der Waals surface area contributed by atoms with Crippen LogP contribution in [0.3, 0.4) is 0 Å². The Hall–Kier alpha value is -1.91. The molecule has 4 rings (SSSR count). The first kappa shape index (κ1) is 14.7. The SMILES string of the molecule is Cc1ccn2ncc(-c3cc(Cl)cc(C4CCCNC4)n3)c2c1. The fraction of sp³-hybridized carbons (Fsp3) is 0.333. The molecular formula is C18H19ClN4. The van der Waals surface area contributed by atoms with Gasteiger partial charge < -0.3 is 5.32 Å². The Morgan fingerprint density at radius 2 is 2.22 bits per heavy atom. The van der Waals surface area contributed by atoms with Gasteiger partial charge in [-0.3, -0.25) is 4.98 Å². The quantitative estimate of drug-likeness (QED) is 0.778. The van der Waals surface area contributed by atoms with Gasteiger partial charge in [0.15, 0.2) is 0 Å². The van der Waals surface area contributed by atoms with Crippen molar-refractivity contribution in [2.24, 2.45) is 0 Å². The molecule has 1 aliphatic rings. The van der Waals surface area contributed by atoms with Gasteiger partial charge in [0.05, 0.1) is 17.4 Å². The van der Waals surface area contributed by atoms with Gasteiger partial charge in [-0.1, -0.05) is 11.6 Å². The fourth-order valence-electron chi connectivity index (χ4n) is 3.25. The molecule has 0 aromatic carbocycles. The largest absolute Gasteiger partial charge is 0.316 e. The van der Waals surface area contributed by atoms with Crippen LogP contribution in [0, 0.1) is 6.92 Å². The Balaban J connectivity index is 1.81. The number of pyridine rings is 2. The number of fused-ring (bicyclic) bond motifs is 1. The molecule has 23 heavy (non-hydrogen) atoms. The number of hydrogen-bond acceptors (Lipinski definition) is 3. The van der Waals surface area contributed by atoms with Crippen molar-refractivity contribution in [3.63, 3.8) is 0 Å². The molecule has 1 atom stereocenters. The summed E-state index contributed by atoms with van der Waals surface area (Å²) in [6.45, 7) is 4.15. The summed E-state index contributed by atoms with van der Waals surface area (Å²) in [5, 5.41) is 8.61. The van der Waals surface area contributed by atoms with E-state index < -0.39 is 0 Å². The number of aromatic nitrogens is 3. The highest BCUT2D eigenvalue weighted by molar-refractivity contribution is 6.30. The molecule has 1 saturated heterocycles. The molecule has 4 nitrogen and oxygen atoms in total. The molecule has 3 aromatic rings. The number of nitrogens with zero attached hydrogens (tertiary/aromatic N) is 3. The molecule has 1 fully saturated rings. The van der Waals surface area contributed by atoms with Gasteiger partial charge >= 0.3 is 0 Å². The van der Waals surface area contributed by atoms with E-state index in [0.717, 1.165) is 47.0 Å². The minimum absolute atomic E-state index is 0.435. The summed E-state index contributed by atoms with van der Waals surface area (Å²) < 4.78 is 1.88. The van der Waals surface area contributed by atoms with Crippen LogP contribution < -0.4 is 5.32 Å². The summed E-state index contributed by atoms with van der Waals surface area (Å²) in [6, 6.07) is 8.11. The lowest BCUT2D eigenvalue weighted by Crippen LogP contribution is -2.28. The van der Waals surface area contributed by atoms with Crippen LogP contribution in [0.1, 0.15) is 30.0 Å². The molecule has 1 unspecified atom stereocenters. The zero-order chi connectivity index (χ0) is 15.8. The van der Waals surface area contributed by atoms with Gasteiger partial charge in [-0.15, -0.1) is 0 Å². The number of piperidine rings is 1. The highest BCUT2D eigenvalue weighted by Crippen LogP contribution is 2.30. The number of nitrogens with one attached hydrogen (secondary N) is 1. The van der Waals surface area contributed by atoms with Crippen LogP contribution in [0.25, 0.3) is 16.8 Å². The summed E-state index contributed by atoms with van der Waals surface area (Å²) in [7, 11) is 0. The number of aryl methyl sites for hydroxylation is 1. The van der Waals surface area contributed by atoms with Crippen LogP contribution in [0.2, 0.25) is 5.02 Å². The minimum Gasteiger partial charge on any atom is -0.316 e. The Labute approximate surface area is 140 Å². The van der Waals surface area contributed by atoms with Crippen LogP contribution in [-0.4, -0.2) is 27.7 Å². The van der Waals surface area contributed by atoms with Crippen molar-refractivity contribution in [1.82, 2.24) is 19.9 Å². The van der Waals surface area contributed by atoms with Crippen molar-refractivity contribution in [2.45, 2.75) is 25.7 Å². The molecule has 0 aliphatic carbocycles. The first-order chi connectivity index (χ1) is 11.2. The number of hydrogen-bond donors (Lipinski definition) is 1. The summed E-state index contributed by atoms with van der Waals surface area (Å²) in [5.74, 6) is 0.435. The molecule has 0 spiro atoms. The molecule has 0 bridgehead atoms. The molecule has 1 N–H and O–H groups in total. The van der Waals surface area contributed by atoms with Gasteiger partial charge in [0, 0.05) is 34.9 Å². The summed E-state index contributed by atoms with van der Waals surface area (Å²) in [4.78, 5) is 4.90. The normalized spacial score (nSPS) is 18.4. The van der Waals surface area contributed by atoms with Crippen molar-refractivity contribution in [1.29, 1.82) is 0 Å².